The Balaban J connectivity index is 0.0000000900. The van der Waals surface area contributed by atoms with Crippen LogP contribution in [0, 0.1) is 0 Å². The molecule has 0 aliphatic rings. The molecule has 4 heavy (non-hydrogen) atoms. The third-order valence-electron chi connectivity index (χ3n) is 0.0680. The van der Waals surface area contributed by atoms with Crippen LogP contribution in [0.1, 0.15) is 0 Å². The highest BCUT2D eigenvalue weighted by molar-refractivity contribution is 8.93. The topological polar surface area (TPSA) is 39.4 Å². The van der Waals surface area contributed by atoms with Gasteiger partial charge < -0.3 is 0 Å². The van der Waals surface area contributed by atoms with E-state index >= 15 is 0 Å². The molecule has 0 aromatic carbocycles. The Morgan fingerprint density at radius 1 is 0.750 bits per heavy atom. The van der Waals surface area contributed by atoms with Gasteiger partial charge in [0, 0.05) is 14.2 Å². The Labute approximate surface area is 32.1 Å². The van der Waals surface area contributed by atoms with Gasteiger partial charge in [-0.1, -0.05) is 0 Å². The Bertz CT molecular complexity index is 31.4. The summed E-state index contributed by atoms with van der Waals surface area (Å²) in [7, 11) is 0. The molecule has 1 aromatic rings. The minimum Gasteiger partial charge on any atom is -0.114 e. The normalized spacial score (nSPS) is 6.00. The van der Waals surface area contributed by atoms with Gasteiger partial charge in [-0.2, -0.15) is 0 Å². The lowest BCUT2D eigenvalue weighted by molar-refractivity contribution is 0.264. The van der Waals surface area contributed by atoms with E-state index in [0.717, 1.165) is 0 Å². The van der Waals surface area contributed by atoms with Crippen molar-refractivity contribution in [3.05, 3.63) is 0 Å². The lowest BCUT2D eigenvalue weighted by Gasteiger charge is -0.816. The van der Waals surface area contributed by atoms with Crippen molar-refractivity contribution in [2.24, 2.45) is 0 Å². The number of hydrogen-bond donors (Lipinski definition) is 0. The molecule has 1 rings (SSSR count). The first kappa shape index (κ1) is 3.88. The summed E-state index contributed by atoms with van der Waals surface area (Å²) >= 11 is 0. The summed E-state index contributed by atoms with van der Waals surface area (Å²) in [5.74, 6) is 0. The standard InChI is InChI=1S/BrH.O3/c;1-2-3-1/h1H;. The van der Waals surface area contributed by atoms with Crippen LogP contribution in [0.2, 0.25) is 0 Å². The van der Waals surface area contributed by atoms with E-state index in [9.17, 15) is 0 Å². The smallest absolute Gasteiger partial charge is 0 e. The van der Waals surface area contributed by atoms with Crippen molar-refractivity contribution < 1.29 is 14.2 Å². The van der Waals surface area contributed by atoms with E-state index in [1.165, 1.54) is 0 Å². The lowest BCUT2D eigenvalue weighted by Crippen LogP contribution is -0.661. The highest BCUT2D eigenvalue weighted by Gasteiger charge is 1.63. The van der Waals surface area contributed by atoms with E-state index in [4.69, 9.17) is 0 Å². The first-order valence-corrected chi connectivity index (χ1v) is 0.500. The zero-order valence-corrected chi connectivity index (χ0v) is 3.35. The zero-order valence-electron chi connectivity index (χ0n) is 1.63. The van der Waals surface area contributed by atoms with E-state index in [1.54, 1.807) is 0 Å². The molecule has 1 aromatic heterocycles. The van der Waals surface area contributed by atoms with Crippen LogP contribution in [0.3, 0.4) is 0 Å². The van der Waals surface area contributed by atoms with Crippen molar-refractivity contribution in [2.45, 2.75) is 0 Å². The van der Waals surface area contributed by atoms with Crippen molar-refractivity contribution >= 4 is 17.0 Å². The van der Waals surface area contributed by atoms with Crippen LogP contribution in [0.4, 0.5) is 0 Å². The van der Waals surface area contributed by atoms with Gasteiger partial charge in [-0.15, -0.1) is 17.0 Å². The minimum atomic E-state index is 0. The SMILES string of the molecule is Br.o1oo1. The van der Waals surface area contributed by atoms with Crippen LogP contribution >= 0.6 is 17.0 Å². The quantitative estimate of drug-likeness (QED) is 0.491. The fraction of sp³-hybridized carbons (Fsp3) is 0. The van der Waals surface area contributed by atoms with E-state index in [2.05, 4.69) is 14.2 Å². The Morgan fingerprint density at radius 3 is 1.00 bits per heavy atom. The predicted octanol–water partition coefficient (Wildman–Crippen LogP) is 1.04. The molecule has 26 valence electrons. The van der Waals surface area contributed by atoms with Gasteiger partial charge in [0.15, 0.2) is 0 Å². The van der Waals surface area contributed by atoms with Crippen LogP contribution < -0.4 is 0 Å². The first-order valence-electron chi connectivity index (χ1n) is 0.500. The van der Waals surface area contributed by atoms with Crippen molar-refractivity contribution in [1.82, 2.24) is 0 Å². The maximum Gasteiger partial charge on any atom is 0 e. The summed E-state index contributed by atoms with van der Waals surface area (Å²) < 4.78 is 10.5. The Hall–Kier alpha value is -0.120. The van der Waals surface area contributed by atoms with Gasteiger partial charge in [-0.05, 0) is 0 Å². The van der Waals surface area contributed by atoms with Gasteiger partial charge in [0.05, 0.1) is 0 Å². The highest BCUT2D eigenvalue weighted by Crippen LogP contribution is 1.79. The van der Waals surface area contributed by atoms with Crippen molar-refractivity contribution in [3.8, 4) is 0 Å². The summed E-state index contributed by atoms with van der Waals surface area (Å²) in [5.41, 5.74) is 0. The first-order chi connectivity index (χ1) is 1.50. The molecule has 4 heteroatoms. The van der Waals surface area contributed by atoms with Crippen LogP contribution in [0.25, 0.3) is 0 Å². The summed E-state index contributed by atoms with van der Waals surface area (Å²) in [6, 6.07) is 0. The molecule has 0 aliphatic carbocycles. The van der Waals surface area contributed by atoms with Crippen molar-refractivity contribution in [1.29, 1.82) is 0 Å². The second kappa shape index (κ2) is 1.23. The molecular weight excluding hydrogens is 128 g/mol. The highest BCUT2D eigenvalue weighted by atomic mass is 79.9. The molecule has 0 unspecified atom stereocenters. The van der Waals surface area contributed by atoms with E-state index in [1.807, 2.05) is 0 Å². The predicted molar refractivity (Wildman–Crippen MR) is 13.6 cm³/mol. The molecule has 0 amide bonds. The Kier molecular flexibility index (Phi) is 1.19. The molecule has 0 bridgehead atoms. The van der Waals surface area contributed by atoms with Crippen LogP contribution in [-0.2, 0) is 0 Å². The molecule has 0 fully saturated rings. The maximum absolute atomic E-state index is 3.50. The summed E-state index contributed by atoms with van der Waals surface area (Å²) in [5, 5.41) is 0. The summed E-state index contributed by atoms with van der Waals surface area (Å²) in [6.07, 6.45) is 0. The lowest BCUT2D eigenvalue weighted by atomic mass is 15.2. The third kappa shape index (κ3) is 1.88. The molecule has 0 saturated carbocycles. The molecule has 0 spiro atoms. The molecule has 0 atom stereocenters. The molecule has 0 N–H and O–H groups in total. The summed E-state index contributed by atoms with van der Waals surface area (Å²) in [6.45, 7) is 0. The van der Waals surface area contributed by atoms with Gasteiger partial charge in [0.25, 0.3) is 0 Å². The second-order valence-corrected chi connectivity index (χ2v) is 0.204. The number of rotatable bonds is 0. The third-order valence-corrected chi connectivity index (χ3v) is 0.0680. The fourth-order valence-electron chi connectivity index (χ4n) is 0. The van der Waals surface area contributed by atoms with Crippen molar-refractivity contribution in [3.63, 3.8) is 0 Å². The molecule has 1 heterocycles. The zero-order chi connectivity index (χ0) is 2.12. The van der Waals surface area contributed by atoms with Gasteiger partial charge in [-0.3, -0.25) is 0 Å². The number of halogens is 1. The van der Waals surface area contributed by atoms with E-state index < -0.39 is 0 Å². The second-order valence-electron chi connectivity index (χ2n) is 0.204. The largest absolute Gasteiger partial charge is 0.114 e. The van der Waals surface area contributed by atoms with E-state index in [-0.39, 0.29) is 17.0 Å². The summed E-state index contributed by atoms with van der Waals surface area (Å²) in [4.78, 5) is 0. The van der Waals surface area contributed by atoms with Gasteiger partial charge in [0.1, 0.15) is 0 Å². The van der Waals surface area contributed by atoms with Crippen molar-refractivity contribution in [2.75, 3.05) is 0 Å². The minimum absolute atomic E-state index is 0. The fourth-order valence-corrected chi connectivity index (χ4v) is 0. The van der Waals surface area contributed by atoms with Gasteiger partial charge >= 0.3 is 0 Å². The maximum atomic E-state index is 3.50. The van der Waals surface area contributed by atoms with Gasteiger partial charge in [-0.25, -0.2) is 0 Å². The monoisotopic (exact) mass is 128 g/mol. The van der Waals surface area contributed by atoms with Gasteiger partial charge in [0.2, 0.25) is 0 Å². The van der Waals surface area contributed by atoms with Crippen LogP contribution in [0.15, 0.2) is 14.2 Å². The van der Waals surface area contributed by atoms with Crippen LogP contribution in [0.5, 0.6) is 0 Å². The Morgan fingerprint density at radius 2 is 1.00 bits per heavy atom. The van der Waals surface area contributed by atoms with E-state index in [0.29, 0.717) is 0 Å². The average molecular weight is 129 g/mol. The molecule has 0 radical (unpaired) electrons. The molecule has 0 saturated heterocycles. The average Bonchev–Trinajstić information content (AvgIpc) is 1.46. The van der Waals surface area contributed by atoms with Crippen LogP contribution in [-0.4, -0.2) is 0 Å². The molecule has 0 aliphatic heterocycles. The molecular formula is HBrO3. The number of hydrogen-bond acceptors (Lipinski definition) is 3. The molecule has 3 nitrogen and oxygen atoms in total.